The van der Waals surface area contributed by atoms with Gasteiger partial charge in [0.2, 0.25) is 0 Å². The van der Waals surface area contributed by atoms with Crippen LogP contribution >= 0.6 is 0 Å². The zero-order valence-corrected chi connectivity index (χ0v) is 10.4. The maximum atomic E-state index is 11.8. The summed E-state index contributed by atoms with van der Waals surface area (Å²) in [4.78, 5) is 12.5. The Balaban J connectivity index is 2.17. The molecule has 0 N–H and O–H groups in total. The Morgan fingerprint density at radius 1 is 1.22 bits per heavy atom. The van der Waals surface area contributed by atoms with Gasteiger partial charge in [-0.3, -0.25) is 9.69 Å². The van der Waals surface area contributed by atoms with E-state index in [1.807, 2.05) is 0 Å². The van der Waals surface area contributed by atoms with Crippen molar-refractivity contribution in [3.05, 3.63) is 0 Å². The number of carbonyl (C=O) groups is 1. The van der Waals surface area contributed by atoms with Crippen molar-refractivity contribution >= 4 is 15.8 Å². The van der Waals surface area contributed by atoms with Crippen molar-refractivity contribution in [1.29, 1.82) is 0 Å². The summed E-state index contributed by atoms with van der Waals surface area (Å²) in [5.74, 6) is -1.25. The summed E-state index contributed by atoms with van der Waals surface area (Å²) in [7, 11) is -2.98. The van der Waals surface area contributed by atoms with Gasteiger partial charge in [-0.25, -0.2) is 8.42 Å². The average Bonchev–Trinajstić information content (AvgIpc) is 2.18. The fraction of sp³-hybridized carbons (Fsp3) is 0.889. The number of nitrogens with zero attached hydrogens (tertiary/aromatic N) is 1. The van der Waals surface area contributed by atoms with Gasteiger partial charge in [0.25, 0.3) is 0 Å². The van der Waals surface area contributed by atoms with E-state index in [0.717, 1.165) is 0 Å². The maximum Gasteiger partial charge on any atom is 0.399 e. The lowest BCUT2D eigenvalue weighted by atomic mass is 10.4. The van der Waals surface area contributed by atoms with Crippen LogP contribution in [0.25, 0.3) is 0 Å². The van der Waals surface area contributed by atoms with Crippen LogP contribution in [-0.2, 0) is 19.4 Å². The number of halogens is 3. The number of esters is 1. The predicted octanol–water partition coefficient (Wildman–Crippen LogP) is 0.212. The van der Waals surface area contributed by atoms with Crippen LogP contribution in [0.5, 0.6) is 0 Å². The molecule has 0 aromatic carbocycles. The second kappa shape index (κ2) is 5.87. The van der Waals surface area contributed by atoms with E-state index < -0.39 is 28.4 Å². The number of ether oxygens (including phenoxy) is 1. The number of hydrogen-bond acceptors (Lipinski definition) is 5. The Labute approximate surface area is 103 Å². The zero-order valence-electron chi connectivity index (χ0n) is 9.57. The summed E-state index contributed by atoms with van der Waals surface area (Å²) < 4.78 is 62.0. The predicted molar refractivity (Wildman–Crippen MR) is 56.7 cm³/mol. The van der Waals surface area contributed by atoms with Crippen molar-refractivity contribution in [2.24, 2.45) is 0 Å². The Kier molecular flexibility index (Phi) is 4.97. The second-order valence-corrected chi connectivity index (χ2v) is 6.31. The molecule has 0 radical (unpaired) electrons. The molecular formula is C9H14F3NO4S. The van der Waals surface area contributed by atoms with E-state index in [-0.39, 0.29) is 24.7 Å². The van der Waals surface area contributed by atoms with E-state index >= 15 is 0 Å². The minimum atomic E-state index is -4.56. The van der Waals surface area contributed by atoms with Gasteiger partial charge in [-0.2, -0.15) is 13.2 Å². The molecule has 0 aromatic rings. The third-order valence-electron chi connectivity index (χ3n) is 2.45. The van der Waals surface area contributed by atoms with Gasteiger partial charge < -0.3 is 4.74 Å². The first kappa shape index (κ1) is 15.2. The molecule has 1 rings (SSSR count). The van der Waals surface area contributed by atoms with Crippen LogP contribution in [-0.4, -0.2) is 63.2 Å². The molecule has 106 valence electrons. The number of carbonyl (C=O) groups excluding carboxylic acids is 1. The van der Waals surface area contributed by atoms with Gasteiger partial charge >= 0.3 is 12.1 Å². The normalized spacial score (nSPS) is 20.6. The molecule has 0 bridgehead atoms. The molecule has 1 heterocycles. The highest BCUT2D eigenvalue weighted by Crippen LogP contribution is 2.19. The lowest BCUT2D eigenvalue weighted by Crippen LogP contribution is -2.42. The fourth-order valence-electron chi connectivity index (χ4n) is 1.48. The molecule has 0 unspecified atom stereocenters. The van der Waals surface area contributed by atoms with Crippen LogP contribution in [0, 0.1) is 0 Å². The van der Waals surface area contributed by atoms with E-state index in [1.165, 1.54) is 0 Å². The lowest BCUT2D eigenvalue weighted by Gasteiger charge is -2.26. The largest absolute Gasteiger partial charge is 0.464 e. The highest BCUT2D eigenvalue weighted by atomic mass is 32.2. The maximum absolute atomic E-state index is 11.8. The Hall–Kier alpha value is -0.830. The monoisotopic (exact) mass is 289 g/mol. The SMILES string of the molecule is O=C(CC(F)(F)F)OCCN1CCS(=O)(=O)CC1. The molecule has 1 fully saturated rings. The molecule has 0 amide bonds. The van der Waals surface area contributed by atoms with Gasteiger partial charge in [0.05, 0.1) is 11.5 Å². The molecule has 1 aliphatic rings. The van der Waals surface area contributed by atoms with Crippen molar-refractivity contribution in [3.63, 3.8) is 0 Å². The van der Waals surface area contributed by atoms with E-state index in [1.54, 1.807) is 4.90 Å². The van der Waals surface area contributed by atoms with E-state index in [0.29, 0.717) is 13.1 Å². The van der Waals surface area contributed by atoms with Crippen LogP contribution in [0.4, 0.5) is 13.2 Å². The topological polar surface area (TPSA) is 63.7 Å². The molecule has 1 saturated heterocycles. The molecule has 0 aromatic heterocycles. The first-order valence-corrected chi connectivity index (χ1v) is 7.15. The highest BCUT2D eigenvalue weighted by Gasteiger charge is 2.32. The Bertz CT molecular complexity index is 379. The number of rotatable bonds is 4. The molecule has 0 aliphatic carbocycles. The third kappa shape index (κ3) is 6.20. The van der Waals surface area contributed by atoms with Crippen LogP contribution in [0.3, 0.4) is 0 Å². The average molecular weight is 289 g/mol. The number of alkyl halides is 3. The summed E-state index contributed by atoms with van der Waals surface area (Å²) in [5, 5.41) is 0. The zero-order chi connectivity index (χ0) is 13.8. The van der Waals surface area contributed by atoms with E-state index in [9.17, 15) is 26.4 Å². The van der Waals surface area contributed by atoms with Crippen molar-refractivity contribution in [2.75, 3.05) is 37.7 Å². The summed E-state index contributed by atoms with van der Waals surface area (Å²) in [6.45, 7) is 0.729. The smallest absolute Gasteiger partial charge is 0.399 e. The van der Waals surface area contributed by atoms with Gasteiger partial charge in [0.15, 0.2) is 9.84 Å². The van der Waals surface area contributed by atoms with Crippen LogP contribution in [0.15, 0.2) is 0 Å². The molecule has 1 aliphatic heterocycles. The van der Waals surface area contributed by atoms with E-state index in [2.05, 4.69) is 4.74 Å². The molecule has 18 heavy (non-hydrogen) atoms. The first-order chi connectivity index (χ1) is 8.18. The van der Waals surface area contributed by atoms with Gasteiger partial charge in [-0.05, 0) is 0 Å². The third-order valence-corrected chi connectivity index (χ3v) is 4.06. The van der Waals surface area contributed by atoms with Crippen molar-refractivity contribution < 1.29 is 31.1 Å². The quantitative estimate of drug-likeness (QED) is 0.692. The fourth-order valence-corrected chi connectivity index (χ4v) is 2.75. The van der Waals surface area contributed by atoms with Crippen molar-refractivity contribution in [2.45, 2.75) is 12.6 Å². The van der Waals surface area contributed by atoms with Crippen LogP contribution in [0.1, 0.15) is 6.42 Å². The summed E-state index contributed by atoms with van der Waals surface area (Å²) in [6.07, 6.45) is -6.16. The number of sulfone groups is 1. The lowest BCUT2D eigenvalue weighted by molar-refractivity contribution is -0.171. The summed E-state index contributed by atoms with van der Waals surface area (Å²) in [6, 6.07) is 0. The summed E-state index contributed by atoms with van der Waals surface area (Å²) in [5.41, 5.74) is 0. The molecule has 0 spiro atoms. The number of hydrogen-bond donors (Lipinski definition) is 0. The molecule has 5 nitrogen and oxygen atoms in total. The van der Waals surface area contributed by atoms with Crippen LogP contribution in [0.2, 0.25) is 0 Å². The van der Waals surface area contributed by atoms with Crippen molar-refractivity contribution in [1.82, 2.24) is 4.90 Å². The molecular weight excluding hydrogens is 275 g/mol. The Morgan fingerprint density at radius 3 is 2.28 bits per heavy atom. The molecule has 0 saturated carbocycles. The second-order valence-electron chi connectivity index (χ2n) is 4.01. The molecule has 9 heteroatoms. The van der Waals surface area contributed by atoms with Gasteiger partial charge in [0, 0.05) is 19.6 Å². The van der Waals surface area contributed by atoms with Crippen molar-refractivity contribution in [3.8, 4) is 0 Å². The highest BCUT2D eigenvalue weighted by molar-refractivity contribution is 7.91. The van der Waals surface area contributed by atoms with E-state index in [4.69, 9.17) is 0 Å². The standard InChI is InChI=1S/C9H14F3NO4S/c10-9(11,12)7-8(14)17-4-1-13-2-5-18(15,16)6-3-13/h1-7H2. The first-order valence-electron chi connectivity index (χ1n) is 5.33. The van der Waals surface area contributed by atoms with Gasteiger partial charge in [0.1, 0.15) is 13.0 Å². The Morgan fingerprint density at radius 2 is 1.78 bits per heavy atom. The molecule has 0 atom stereocenters. The van der Waals surface area contributed by atoms with Crippen LogP contribution < -0.4 is 0 Å². The summed E-state index contributed by atoms with van der Waals surface area (Å²) >= 11 is 0. The minimum absolute atomic E-state index is 0.0312. The van der Waals surface area contributed by atoms with Gasteiger partial charge in [-0.15, -0.1) is 0 Å². The van der Waals surface area contributed by atoms with Gasteiger partial charge in [-0.1, -0.05) is 0 Å². The minimum Gasteiger partial charge on any atom is -0.464 e.